The number of aliphatic hydroxyl groups excluding tert-OH is 1. The van der Waals surface area contributed by atoms with Gasteiger partial charge in [0.2, 0.25) is 0 Å². The van der Waals surface area contributed by atoms with Gasteiger partial charge >= 0.3 is 0 Å². The van der Waals surface area contributed by atoms with E-state index in [9.17, 15) is 14.7 Å². The maximum absolute atomic E-state index is 13.4. The lowest BCUT2D eigenvalue weighted by Gasteiger charge is -2.26. The van der Waals surface area contributed by atoms with E-state index in [-0.39, 0.29) is 21.9 Å². The summed E-state index contributed by atoms with van der Waals surface area (Å²) in [6.45, 7) is 6.46. The molecule has 1 amide bonds. The largest absolute Gasteiger partial charge is 0.507 e. The first-order valence-corrected chi connectivity index (χ1v) is 12.2. The van der Waals surface area contributed by atoms with Crippen molar-refractivity contribution in [1.82, 2.24) is 0 Å². The summed E-state index contributed by atoms with van der Waals surface area (Å²) < 4.78 is 11.4. The van der Waals surface area contributed by atoms with Crippen LogP contribution in [0.2, 0.25) is 10.0 Å². The summed E-state index contributed by atoms with van der Waals surface area (Å²) in [7, 11) is 0. The zero-order valence-corrected chi connectivity index (χ0v) is 21.6. The number of hydrogen-bond acceptors (Lipinski definition) is 5. The molecule has 0 bridgehead atoms. The third-order valence-corrected chi connectivity index (χ3v) is 6.54. The number of aliphatic hydroxyl groups is 1. The molecule has 6 nitrogen and oxygen atoms in total. The Morgan fingerprint density at radius 3 is 2.31 bits per heavy atom. The number of Topliss-reactive ketones (excluding diaryl/α,β-unsaturated/α-hetero) is 1. The Bertz CT molecular complexity index is 1370. The SMILES string of the molecule is CCOc1ccc(N2C(=O)C(=O)/C(=C(/O)c3ccc(Cl)c(Cl)c3)C2c2cccc(C)c2)cc1OCC. The van der Waals surface area contributed by atoms with E-state index in [0.717, 1.165) is 5.56 Å². The van der Waals surface area contributed by atoms with Gasteiger partial charge in [0.25, 0.3) is 11.7 Å². The van der Waals surface area contributed by atoms with E-state index in [0.29, 0.717) is 41.0 Å². The highest BCUT2D eigenvalue weighted by atomic mass is 35.5. The van der Waals surface area contributed by atoms with Crippen molar-refractivity contribution in [3.05, 3.63) is 93.0 Å². The highest BCUT2D eigenvalue weighted by molar-refractivity contribution is 6.51. The molecule has 0 radical (unpaired) electrons. The van der Waals surface area contributed by atoms with Crippen LogP contribution in [0.25, 0.3) is 5.76 Å². The zero-order chi connectivity index (χ0) is 26.0. The van der Waals surface area contributed by atoms with E-state index in [2.05, 4.69) is 0 Å². The second kappa shape index (κ2) is 10.6. The zero-order valence-electron chi connectivity index (χ0n) is 20.0. The minimum Gasteiger partial charge on any atom is -0.507 e. The van der Waals surface area contributed by atoms with Crippen molar-refractivity contribution in [2.45, 2.75) is 26.8 Å². The molecule has 0 aromatic heterocycles. The van der Waals surface area contributed by atoms with Gasteiger partial charge < -0.3 is 14.6 Å². The third kappa shape index (κ3) is 4.79. The van der Waals surface area contributed by atoms with Crippen LogP contribution in [0.3, 0.4) is 0 Å². The second-order valence-electron chi connectivity index (χ2n) is 8.21. The van der Waals surface area contributed by atoms with Crippen molar-refractivity contribution in [3.63, 3.8) is 0 Å². The van der Waals surface area contributed by atoms with E-state index >= 15 is 0 Å². The molecule has 1 N–H and O–H groups in total. The number of nitrogens with zero attached hydrogens (tertiary/aromatic N) is 1. The van der Waals surface area contributed by atoms with Gasteiger partial charge in [0, 0.05) is 17.3 Å². The number of aryl methyl sites for hydroxylation is 1. The molecule has 1 aliphatic rings. The number of rotatable bonds is 7. The van der Waals surface area contributed by atoms with Crippen LogP contribution in [0.1, 0.15) is 36.6 Å². The number of hydrogen-bond donors (Lipinski definition) is 1. The lowest BCUT2D eigenvalue weighted by atomic mass is 9.94. The van der Waals surface area contributed by atoms with Gasteiger partial charge in [-0.2, -0.15) is 0 Å². The van der Waals surface area contributed by atoms with E-state index in [1.807, 2.05) is 45.0 Å². The monoisotopic (exact) mass is 525 g/mol. The van der Waals surface area contributed by atoms with Gasteiger partial charge in [0.05, 0.1) is 34.9 Å². The number of amides is 1. The van der Waals surface area contributed by atoms with Crippen LogP contribution in [-0.2, 0) is 9.59 Å². The van der Waals surface area contributed by atoms with Crippen molar-refractivity contribution >= 4 is 46.3 Å². The Morgan fingerprint density at radius 1 is 0.917 bits per heavy atom. The van der Waals surface area contributed by atoms with Gasteiger partial charge in [0.1, 0.15) is 5.76 Å². The van der Waals surface area contributed by atoms with Crippen molar-refractivity contribution in [2.75, 3.05) is 18.1 Å². The minimum absolute atomic E-state index is 0.0455. The minimum atomic E-state index is -0.883. The smallest absolute Gasteiger partial charge is 0.300 e. The normalized spacial score (nSPS) is 16.9. The number of anilines is 1. The van der Waals surface area contributed by atoms with Gasteiger partial charge in [-0.1, -0.05) is 53.0 Å². The molecule has 1 heterocycles. The van der Waals surface area contributed by atoms with Gasteiger partial charge in [0.15, 0.2) is 11.5 Å². The summed E-state index contributed by atoms with van der Waals surface area (Å²) in [4.78, 5) is 28.2. The molecule has 1 unspecified atom stereocenters. The lowest BCUT2D eigenvalue weighted by Crippen LogP contribution is -2.29. The van der Waals surface area contributed by atoms with Gasteiger partial charge in [-0.3, -0.25) is 14.5 Å². The molecular weight excluding hydrogens is 501 g/mol. The standard InChI is InChI=1S/C28H25Cl2NO5/c1-4-35-22-12-10-19(15-23(22)36-5-2)31-25(17-8-6-7-16(3)13-17)24(27(33)28(31)34)26(32)18-9-11-20(29)21(30)14-18/h6-15,25,32H,4-5H2,1-3H3/b26-24+. The van der Waals surface area contributed by atoms with Gasteiger partial charge in [-0.05, 0) is 56.7 Å². The summed E-state index contributed by atoms with van der Waals surface area (Å²) in [5.41, 5.74) is 2.28. The predicted molar refractivity (Wildman–Crippen MR) is 141 cm³/mol. The maximum atomic E-state index is 13.4. The second-order valence-corrected chi connectivity index (χ2v) is 9.02. The fourth-order valence-electron chi connectivity index (χ4n) is 4.24. The van der Waals surface area contributed by atoms with Crippen molar-refractivity contribution in [3.8, 4) is 11.5 Å². The number of carbonyl (C=O) groups is 2. The van der Waals surface area contributed by atoms with E-state index in [1.54, 1.807) is 24.3 Å². The average molecular weight is 526 g/mol. The molecule has 1 fully saturated rings. The molecule has 1 atom stereocenters. The van der Waals surface area contributed by atoms with Crippen LogP contribution in [-0.4, -0.2) is 30.0 Å². The van der Waals surface area contributed by atoms with Crippen LogP contribution in [0.4, 0.5) is 5.69 Å². The summed E-state index contributed by atoms with van der Waals surface area (Å²) in [6.07, 6.45) is 0. The fraction of sp³-hybridized carbons (Fsp3) is 0.214. The first-order valence-electron chi connectivity index (χ1n) is 11.5. The predicted octanol–water partition coefficient (Wildman–Crippen LogP) is 6.73. The molecule has 1 aliphatic heterocycles. The number of benzene rings is 3. The molecule has 1 saturated heterocycles. The number of halogens is 2. The molecule has 3 aromatic rings. The molecule has 0 spiro atoms. The van der Waals surface area contributed by atoms with Crippen molar-refractivity contribution in [2.24, 2.45) is 0 Å². The summed E-state index contributed by atoms with van der Waals surface area (Å²) in [6, 6.07) is 16.2. The Hall–Kier alpha value is -3.48. The molecule has 3 aromatic carbocycles. The Morgan fingerprint density at radius 2 is 1.64 bits per heavy atom. The quantitative estimate of drug-likeness (QED) is 0.210. The fourth-order valence-corrected chi connectivity index (χ4v) is 4.54. The average Bonchev–Trinajstić information content (AvgIpc) is 3.12. The molecule has 186 valence electrons. The maximum Gasteiger partial charge on any atom is 0.300 e. The first kappa shape index (κ1) is 25.6. The number of carbonyl (C=O) groups excluding carboxylic acids is 2. The van der Waals surface area contributed by atoms with E-state index in [4.69, 9.17) is 32.7 Å². The van der Waals surface area contributed by atoms with Crippen LogP contribution >= 0.6 is 23.2 Å². The Kier molecular flexibility index (Phi) is 7.57. The van der Waals surface area contributed by atoms with Crippen molar-refractivity contribution < 1.29 is 24.2 Å². The van der Waals surface area contributed by atoms with Gasteiger partial charge in [-0.25, -0.2) is 0 Å². The molecule has 36 heavy (non-hydrogen) atoms. The van der Waals surface area contributed by atoms with Crippen molar-refractivity contribution in [1.29, 1.82) is 0 Å². The Labute approximate surface area is 219 Å². The highest BCUT2D eigenvalue weighted by Gasteiger charge is 2.47. The molecule has 0 aliphatic carbocycles. The van der Waals surface area contributed by atoms with Crippen LogP contribution < -0.4 is 14.4 Å². The van der Waals surface area contributed by atoms with Crippen LogP contribution in [0.5, 0.6) is 11.5 Å². The molecule has 8 heteroatoms. The lowest BCUT2D eigenvalue weighted by molar-refractivity contribution is -0.132. The summed E-state index contributed by atoms with van der Waals surface area (Å²) >= 11 is 12.2. The first-order chi connectivity index (χ1) is 17.3. The molecular formula is C28H25Cl2NO5. The number of ether oxygens (including phenoxy) is 2. The Balaban J connectivity index is 1.93. The van der Waals surface area contributed by atoms with Gasteiger partial charge in [-0.15, -0.1) is 0 Å². The third-order valence-electron chi connectivity index (χ3n) is 5.80. The molecule has 0 saturated carbocycles. The van der Waals surface area contributed by atoms with Crippen LogP contribution in [0.15, 0.2) is 66.2 Å². The highest BCUT2D eigenvalue weighted by Crippen LogP contribution is 2.44. The van der Waals surface area contributed by atoms with E-state index < -0.39 is 17.7 Å². The summed E-state index contributed by atoms with van der Waals surface area (Å²) in [5.74, 6) is -0.933. The van der Waals surface area contributed by atoms with E-state index in [1.165, 1.54) is 17.0 Å². The topological polar surface area (TPSA) is 76.1 Å². The van der Waals surface area contributed by atoms with Crippen LogP contribution in [0, 0.1) is 6.92 Å². The molecule has 4 rings (SSSR count). The summed E-state index contributed by atoms with van der Waals surface area (Å²) in [5, 5.41) is 11.8. The number of ketones is 1.